The van der Waals surface area contributed by atoms with E-state index in [2.05, 4.69) is 12.2 Å². The fourth-order valence-corrected chi connectivity index (χ4v) is 0.354. The van der Waals surface area contributed by atoms with Gasteiger partial charge in [-0.05, 0) is 20.0 Å². The summed E-state index contributed by atoms with van der Waals surface area (Å²) in [6, 6.07) is 0. The molecule has 0 rings (SSSR count). The maximum atomic E-state index is 9.67. The lowest BCUT2D eigenvalue weighted by Crippen LogP contribution is -2.06. The van der Waals surface area contributed by atoms with E-state index in [1.54, 1.807) is 0 Å². The Bertz CT molecular complexity index is 43.5. The molecule has 64 valence electrons. The molecule has 0 aliphatic heterocycles. The summed E-state index contributed by atoms with van der Waals surface area (Å²) >= 11 is 0. The number of nitrogens with one attached hydrogen (secondary N) is 1. The van der Waals surface area contributed by atoms with Gasteiger partial charge >= 0.3 is 6.68 Å². The molecule has 0 unspecified atom stereocenters. The largest absolute Gasteiger partial charge is 0.379 e. The lowest BCUT2D eigenvalue weighted by atomic mass is 10.3. The molecule has 0 saturated heterocycles. The van der Waals surface area contributed by atoms with Crippen LogP contribution in [0.25, 0.3) is 0 Å². The van der Waals surface area contributed by atoms with Gasteiger partial charge in [0.25, 0.3) is 0 Å². The molecule has 0 spiro atoms. The van der Waals surface area contributed by atoms with E-state index in [4.69, 9.17) is 0 Å². The van der Waals surface area contributed by atoms with Crippen molar-refractivity contribution in [2.45, 2.75) is 26.4 Å². The predicted octanol–water partition coefficient (Wildman–Crippen LogP) is 2.18. The molecule has 0 aliphatic rings. The third-order valence-electron chi connectivity index (χ3n) is 0.780. The second-order valence-electron chi connectivity index (χ2n) is 1.70. The van der Waals surface area contributed by atoms with Crippen LogP contribution in [0.2, 0.25) is 0 Å². The van der Waals surface area contributed by atoms with Crippen molar-refractivity contribution in [3.8, 4) is 0 Å². The summed E-state index contributed by atoms with van der Waals surface area (Å²) in [5, 5.41) is 3.07. The van der Waals surface area contributed by atoms with Crippen molar-refractivity contribution in [3.63, 3.8) is 0 Å². The zero-order valence-electron chi connectivity index (χ0n) is 6.33. The molecule has 0 aromatic rings. The molecule has 0 atom stereocenters. The van der Waals surface area contributed by atoms with Gasteiger partial charge in [0, 0.05) is 0 Å². The Morgan fingerprint density at radius 3 is 1.80 bits per heavy atom. The van der Waals surface area contributed by atoms with Gasteiger partial charge in [0.2, 0.25) is 0 Å². The Kier molecular flexibility index (Phi) is 14.3. The van der Waals surface area contributed by atoms with Crippen LogP contribution in [0.15, 0.2) is 0 Å². The van der Waals surface area contributed by atoms with Crippen LogP contribution in [0.3, 0.4) is 0 Å². The molecular formula is C6H14F3N. The molecule has 0 saturated carbocycles. The van der Waals surface area contributed by atoms with Crippen molar-refractivity contribution in [3.05, 3.63) is 0 Å². The first-order valence-electron chi connectivity index (χ1n) is 3.22. The smallest absolute Gasteiger partial charge is 0.320 e. The first-order chi connectivity index (χ1) is 4.65. The molecule has 1 nitrogen and oxygen atoms in total. The van der Waals surface area contributed by atoms with Gasteiger partial charge in [0.05, 0.1) is 0 Å². The lowest BCUT2D eigenvalue weighted by Gasteiger charge is -1.89. The van der Waals surface area contributed by atoms with Crippen molar-refractivity contribution in [1.29, 1.82) is 0 Å². The van der Waals surface area contributed by atoms with Crippen LogP contribution >= 0.6 is 0 Å². The molecule has 0 heterocycles. The molecule has 10 heavy (non-hydrogen) atoms. The van der Waals surface area contributed by atoms with Gasteiger partial charge in [-0.1, -0.05) is 13.3 Å². The first kappa shape index (κ1) is 12.4. The summed E-state index contributed by atoms with van der Waals surface area (Å²) in [6.07, 6.45) is 2.59. The predicted molar refractivity (Wildman–Crippen MR) is 35.9 cm³/mol. The van der Waals surface area contributed by atoms with Crippen LogP contribution in [-0.2, 0) is 0 Å². The Morgan fingerprint density at radius 1 is 1.30 bits per heavy atom. The molecule has 1 N–H and O–H groups in total. The van der Waals surface area contributed by atoms with Crippen molar-refractivity contribution < 1.29 is 13.2 Å². The molecule has 0 amide bonds. The van der Waals surface area contributed by atoms with Crippen LogP contribution in [-0.4, -0.2) is 20.3 Å². The molecule has 0 aromatic heterocycles. The van der Waals surface area contributed by atoms with Gasteiger partial charge in [-0.2, -0.15) is 13.2 Å². The molecular weight excluding hydrogens is 143 g/mol. The van der Waals surface area contributed by atoms with Gasteiger partial charge in [0.1, 0.15) is 0 Å². The van der Waals surface area contributed by atoms with Gasteiger partial charge in [0.15, 0.2) is 0 Å². The zero-order chi connectivity index (χ0) is 8.41. The van der Waals surface area contributed by atoms with Crippen molar-refractivity contribution in [1.82, 2.24) is 5.32 Å². The Hall–Kier alpha value is -0.250. The molecule has 0 radical (unpaired) electrons. The van der Waals surface area contributed by atoms with Crippen LogP contribution in [0.5, 0.6) is 0 Å². The van der Waals surface area contributed by atoms with Crippen molar-refractivity contribution in [2.24, 2.45) is 0 Å². The van der Waals surface area contributed by atoms with Crippen LogP contribution < -0.4 is 5.32 Å². The Morgan fingerprint density at radius 2 is 1.70 bits per heavy atom. The molecule has 0 fully saturated rings. The minimum atomic E-state index is -3.67. The fourth-order valence-electron chi connectivity index (χ4n) is 0.354. The number of halogens is 3. The maximum Gasteiger partial charge on any atom is 0.379 e. The first-order valence-corrected chi connectivity index (χ1v) is 3.22. The van der Waals surface area contributed by atoms with Crippen molar-refractivity contribution in [2.75, 3.05) is 13.6 Å². The fraction of sp³-hybridized carbons (Fsp3) is 1.00. The van der Waals surface area contributed by atoms with E-state index >= 15 is 0 Å². The number of hydrogen-bond acceptors (Lipinski definition) is 1. The van der Waals surface area contributed by atoms with Crippen molar-refractivity contribution >= 4 is 0 Å². The average molecular weight is 157 g/mol. The monoisotopic (exact) mass is 157 g/mol. The molecule has 0 aromatic carbocycles. The van der Waals surface area contributed by atoms with E-state index in [1.165, 1.54) is 12.8 Å². The van der Waals surface area contributed by atoms with Gasteiger partial charge < -0.3 is 5.32 Å². The Balaban J connectivity index is 0. The molecule has 0 bridgehead atoms. The highest BCUT2D eigenvalue weighted by Crippen LogP contribution is 1.87. The number of rotatable bonds is 3. The number of hydrogen-bond donors (Lipinski definition) is 1. The standard InChI is InChI=1S/C5H13N.CHF3/c1-3-4-5-6-2;2-1(3)4/h6H,3-5H2,1-2H3;1H. The van der Waals surface area contributed by atoms with E-state index in [0.29, 0.717) is 0 Å². The van der Waals surface area contributed by atoms with Crippen LogP contribution in [0.4, 0.5) is 13.2 Å². The highest BCUT2D eigenvalue weighted by atomic mass is 19.4. The topological polar surface area (TPSA) is 12.0 Å². The van der Waals surface area contributed by atoms with Gasteiger partial charge in [-0.25, -0.2) is 0 Å². The summed E-state index contributed by atoms with van der Waals surface area (Å²) in [5.41, 5.74) is 0. The summed E-state index contributed by atoms with van der Waals surface area (Å²) < 4.78 is 29.0. The highest BCUT2D eigenvalue weighted by molar-refractivity contribution is 4.34. The second kappa shape index (κ2) is 11.5. The molecule has 0 aliphatic carbocycles. The number of alkyl halides is 3. The van der Waals surface area contributed by atoms with E-state index < -0.39 is 6.68 Å². The second-order valence-corrected chi connectivity index (χ2v) is 1.70. The SMILES string of the molecule is CCCCNC.FC(F)F. The highest BCUT2D eigenvalue weighted by Gasteiger charge is 1.86. The summed E-state index contributed by atoms with van der Waals surface area (Å²) in [4.78, 5) is 0. The minimum absolute atomic E-state index is 1.16. The summed E-state index contributed by atoms with van der Waals surface area (Å²) in [5.74, 6) is 0. The van der Waals surface area contributed by atoms with E-state index in [9.17, 15) is 13.2 Å². The number of unbranched alkanes of at least 4 members (excludes halogenated alkanes) is 1. The normalized spacial score (nSPS) is 9.00. The summed E-state index contributed by atoms with van der Waals surface area (Å²) in [7, 11) is 1.98. The summed E-state index contributed by atoms with van der Waals surface area (Å²) in [6.45, 7) is -0.312. The Labute approximate surface area is 59.6 Å². The third-order valence-corrected chi connectivity index (χ3v) is 0.780. The quantitative estimate of drug-likeness (QED) is 0.619. The van der Waals surface area contributed by atoms with E-state index in [0.717, 1.165) is 6.54 Å². The lowest BCUT2D eigenvalue weighted by molar-refractivity contribution is 0.00819. The van der Waals surface area contributed by atoms with E-state index in [-0.39, 0.29) is 0 Å². The maximum absolute atomic E-state index is 9.67. The molecule has 4 heteroatoms. The third kappa shape index (κ3) is 46.7. The average Bonchev–Trinajstić information content (AvgIpc) is 1.82. The minimum Gasteiger partial charge on any atom is -0.320 e. The van der Waals surface area contributed by atoms with Crippen LogP contribution in [0.1, 0.15) is 19.8 Å². The van der Waals surface area contributed by atoms with Gasteiger partial charge in [-0.3, -0.25) is 0 Å². The van der Waals surface area contributed by atoms with Gasteiger partial charge in [-0.15, -0.1) is 0 Å². The van der Waals surface area contributed by atoms with E-state index in [1.807, 2.05) is 7.05 Å². The zero-order valence-corrected chi connectivity index (χ0v) is 6.33. The van der Waals surface area contributed by atoms with Crippen LogP contribution in [0, 0.1) is 0 Å².